The molecule has 0 bridgehead atoms. The lowest BCUT2D eigenvalue weighted by Crippen LogP contribution is -2.25. The van der Waals surface area contributed by atoms with Crippen molar-refractivity contribution < 1.29 is 19.4 Å². The Morgan fingerprint density at radius 1 is 1.33 bits per heavy atom. The third-order valence-corrected chi connectivity index (χ3v) is 3.15. The largest absolute Gasteiger partial charge is 0.490 e. The maximum absolute atomic E-state index is 12.1. The first-order valence-corrected chi connectivity index (χ1v) is 7.65. The van der Waals surface area contributed by atoms with Gasteiger partial charge in [-0.15, -0.1) is 0 Å². The third kappa shape index (κ3) is 6.62. The van der Waals surface area contributed by atoms with E-state index < -0.39 is 5.97 Å². The topological polar surface area (TPSA) is 75.6 Å². The third-order valence-electron chi connectivity index (χ3n) is 2.65. The van der Waals surface area contributed by atoms with E-state index >= 15 is 0 Å². The lowest BCUT2D eigenvalue weighted by Gasteiger charge is -2.14. The Hall–Kier alpha value is -1.56. The maximum Gasteiger partial charge on any atom is 0.303 e. The number of hydrogen-bond donors (Lipinski definition) is 2. The highest BCUT2D eigenvalue weighted by Gasteiger charge is 2.13. The number of benzene rings is 1. The summed E-state index contributed by atoms with van der Waals surface area (Å²) in [7, 11) is 0. The number of amides is 1. The number of ether oxygens (including phenoxy) is 1. The van der Waals surface area contributed by atoms with Gasteiger partial charge >= 0.3 is 5.97 Å². The molecule has 0 aromatic heterocycles. The quantitative estimate of drug-likeness (QED) is 0.700. The number of halogens is 1. The molecule has 0 aliphatic rings. The number of aliphatic carboxylic acids is 1. The normalized spacial score (nSPS) is 10.5. The van der Waals surface area contributed by atoms with Crippen LogP contribution in [0.15, 0.2) is 22.7 Å². The van der Waals surface area contributed by atoms with Crippen molar-refractivity contribution in [1.29, 1.82) is 0 Å². The summed E-state index contributed by atoms with van der Waals surface area (Å²) < 4.78 is 6.48. The van der Waals surface area contributed by atoms with Gasteiger partial charge in [-0.1, -0.05) is 15.9 Å². The molecule has 0 aliphatic carbocycles. The van der Waals surface area contributed by atoms with Crippen LogP contribution in [0, 0.1) is 0 Å². The van der Waals surface area contributed by atoms with Crippen LogP contribution in [0.5, 0.6) is 5.75 Å². The maximum atomic E-state index is 12.1. The fraction of sp³-hybridized carbons (Fsp3) is 0.467. The summed E-state index contributed by atoms with van der Waals surface area (Å²) in [4.78, 5) is 22.5. The van der Waals surface area contributed by atoms with E-state index in [0.29, 0.717) is 30.7 Å². The summed E-state index contributed by atoms with van der Waals surface area (Å²) in [5, 5.41) is 11.3. The van der Waals surface area contributed by atoms with Gasteiger partial charge in [-0.3, -0.25) is 9.59 Å². The van der Waals surface area contributed by atoms with E-state index in [4.69, 9.17) is 9.84 Å². The molecule has 1 amide bonds. The van der Waals surface area contributed by atoms with Gasteiger partial charge in [0.05, 0.1) is 11.7 Å². The number of carboxylic acid groups (broad SMARTS) is 1. The van der Waals surface area contributed by atoms with Crippen LogP contribution in [0.2, 0.25) is 0 Å². The molecule has 1 aromatic carbocycles. The van der Waals surface area contributed by atoms with Gasteiger partial charge in [-0.05, 0) is 44.9 Å². The lowest BCUT2D eigenvalue weighted by molar-refractivity contribution is -0.137. The van der Waals surface area contributed by atoms with Crippen molar-refractivity contribution >= 4 is 27.8 Å². The molecule has 0 unspecified atom stereocenters. The van der Waals surface area contributed by atoms with Crippen molar-refractivity contribution in [3.05, 3.63) is 28.2 Å². The van der Waals surface area contributed by atoms with Crippen molar-refractivity contribution in [2.45, 2.75) is 39.2 Å². The molecule has 0 heterocycles. The number of rotatable bonds is 8. The molecule has 0 saturated heterocycles. The van der Waals surface area contributed by atoms with Crippen LogP contribution in [0.3, 0.4) is 0 Å². The van der Waals surface area contributed by atoms with Gasteiger partial charge in [0, 0.05) is 17.4 Å². The van der Waals surface area contributed by atoms with Crippen LogP contribution in [0.4, 0.5) is 0 Å². The summed E-state index contributed by atoms with van der Waals surface area (Å²) in [5.74, 6) is -0.502. The number of unbranched alkanes of at least 4 members (excludes halogenated alkanes) is 1. The average Bonchev–Trinajstić information content (AvgIpc) is 2.37. The molecule has 21 heavy (non-hydrogen) atoms. The Morgan fingerprint density at radius 3 is 2.67 bits per heavy atom. The number of carbonyl (C=O) groups is 2. The molecule has 1 rings (SSSR count). The molecule has 0 atom stereocenters. The predicted octanol–water partition coefficient (Wildman–Crippen LogP) is 3.22. The minimum atomic E-state index is -0.818. The lowest BCUT2D eigenvalue weighted by atomic mass is 10.1. The molecular formula is C15H20BrNO4. The fourth-order valence-electron chi connectivity index (χ4n) is 1.73. The Bertz CT molecular complexity index is 502. The standard InChI is InChI=1S/C15H20BrNO4/c1-10(2)21-13-9-11(16)6-7-12(13)15(20)17-8-4-3-5-14(18)19/h6-7,9-10H,3-5,8H2,1-2H3,(H,17,20)(H,18,19). The number of carboxylic acids is 1. The van der Waals surface area contributed by atoms with Crippen molar-refractivity contribution in [2.75, 3.05) is 6.54 Å². The van der Waals surface area contributed by atoms with Gasteiger partial charge in [0.1, 0.15) is 5.75 Å². The molecule has 2 N–H and O–H groups in total. The van der Waals surface area contributed by atoms with Crippen LogP contribution >= 0.6 is 15.9 Å². The highest BCUT2D eigenvalue weighted by atomic mass is 79.9. The highest BCUT2D eigenvalue weighted by molar-refractivity contribution is 9.10. The zero-order chi connectivity index (χ0) is 15.8. The Labute approximate surface area is 132 Å². The highest BCUT2D eigenvalue weighted by Crippen LogP contribution is 2.24. The van der Waals surface area contributed by atoms with Crippen molar-refractivity contribution in [3.63, 3.8) is 0 Å². The Kier molecular flexibility index (Phi) is 7.22. The predicted molar refractivity (Wildman–Crippen MR) is 83.7 cm³/mol. The zero-order valence-corrected chi connectivity index (χ0v) is 13.8. The molecule has 1 aromatic rings. The molecule has 0 radical (unpaired) electrons. The summed E-state index contributed by atoms with van der Waals surface area (Å²) in [6, 6.07) is 5.25. The summed E-state index contributed by atoms with van der Waals surface area (Å²) in [6.45, 7) is 4.24. The van der Waals surface area contributed by atoms with Crippen LogP contribution in [-0.4, -0.2) is 29.6 Å². The first kappa shape index (κ1) is 17.5. The number of carbonyl (C=O) groups excluding carboxylic acids is 1. The van der Waals surface area contributed by atoms with Crippen LogP contribution < -0.4 is 10.1 Å². The van der Waals surface area contributed by atoms with E-state index in [1.165, 1.54) is 0 Å². The summed E-state index contributed by atoms with van der Waals surface area (Å²) in [5.41, 5.74) is 0.477. The molecule has 116 valence electrons. The minimum absolute atomic E-state index is 0.0265. The zero-order valence-electron chi connectivity index (χ0n) is 12.2. The second kappa shape index (κ2) is 8.67. The van der Waals surface area contributed by atoms with E-state index in [1.807, 2.05) is 13.8 Å². The second-order valence-electron chi connectivity index (χ2n) is 4.91. The number of nitrogens with one attached hydrogen (secondary N) is 1. The molecule has 5 nitrogen and oxygen atoms in total. The van der Waals surface area contributed by atoms with E-state index in [-0.39, 0.29) is 18.4 Å². The molecule has 0 saturated carbocycles. The van der Waals surface area contributed by atoms with Crippen molar-refractivity contribution in [2.24, 2.45) is 0 Å². The van der Waals surface area contributed by atoms with Gasteiger partial charge in [0.25, 0.3) is 5.91 Å². The van der Waals surface area contributed by atoms with Gasteiger partial charge in [-0.25, -0.2) is 0 Å². The van der Waals surface area contributed by atoms with Crippen LogP contribution in [-0.2, 0) is 4.79 Å². The van der Waals surface area contributed by atoms with Crippen molar-refractivity contribution in [3.8, 4) is 5.75 Å². The van der Waals surface area contributed by atoms with E-state index in [1.54, 1.807) is 18.2 Å². The molecule has 0 fully saturated rings. The van der Waals surface area contributed by atoms with Gasteiger partial charge in [0.2, 0.25) is 0 Å². The fourth-order valence-corrected chi connectivity index (χ4v) is 2.07. The smallest absolute Gasteiger partial charge is 0.303 e. The average molecular weight is 358 g/mol. The molecule has 0 aliphatic heterocycles. The first-order valence-electron chi connectivity index (χ1n) is 6.86. The monoisotopic (exact) mass is 357 g/mol. The number of hydrogen-bond acceptors (Lipinski definition) is 3. The molecule has 0 spiro atoms. The van der Waals surface area contributed by atoms with E-state index in [2.05, 4.69) is 21.2 Å². The van der Waals surface area contributed by atoms with Crippen LogP contribution in [0.25, 0.3) is 0 Å². The van der Waals surface area contributed by atoms with Crippen molar-refractivity contribution in [1.82, 2.24) is 5.32 Å². The summed E-state index contributed by atoms with van der Waals surface area (Å²) in [6.07, 6.45) is 1.28. The first-order chi connectivity index (χ1) is 9.90. The Morgan fingerprint density at radius 2 is 2.05 bits per heavy atom. The van der Waals surface area contributed by atoms with E-state index in [9.17, 15) is 9.59 Å². The van der Waals surface area contributed by atoms with Gasteiger partial charge < -0.3 is 15.2 Å². The molecular weight excluding hydrogens is 338 g/mol. The summed E-state index contributed by atoms with van der Waals surface area (Å²) >= 11 is 3.35. The SMILES string of the molecule is CC(C)Oc1cc(Br)ccc1C(=O)NCCCCC(=O)O. The van der Waals surface area contributed by atoms with Gasteiger partial charge in [-0.2, -0.15) is 0 Å². The Balaban J connectivity index is 2.58. The molecule has 6 heteroatoms. The minimum Gasteiger partial charge on any atom is -0.490 e. The van der Waals surface area contributed by atoms with Gasteiger partial charge in [0.15, 0.2) is 0 Å². The van der Waals surface area contributed by atoms with E-state index in [0.717, 1.165) is 4.47 Å². The second-order valence-corrected chi connectivity index (χ2v) is 5.83. The van der Waals surface area contributed by atoms with Crippen LogP contribution in [0.1, 0.15) is 43.5 Å².